The number of carbonyl (C=O) groups is 1. The standard InChI is InChI=1S/C23H25FN4O2/c24-19-10-8-17(9-11-19)21(27-13-4-1-5-14-27)22(29)25-12-15-28-23(30)20-7-3-2-6-18(20)16-26-28/h2-3,6-11,16,21H,1,4-5,12-15H2,(H,25,29). The van der Waals surface area contributed by atoms with Crippen LogP contribution in [0.4, 0.5) is 4.39 Å². The third kappa shape index (κ3) is 4.41. The van der Waals surface area contributed by atoms with Crippen molar-refractivity contribution in [3.8, 4) is 0 Å². The van der Waals surface area contributed by atoms with Gasteiger partial charge in [-0.2, -0.15) is 5.10 Å². The van der Waals surface area contributed by atoms with Gasteiger partial charge in [-0.25, -0.2) is 9.07 Å². The normalized spacial score (nSPS) is 15.8. The molecular weight excluding hydrogens is 383 g/mol. The number of aromatic nitrogens is 2. The Hall–Kier alpha value is -3.06. The molecule has 1 aliphatic rings. The highest BCUT2D eigenvalue weighted by Gasteiger charge is 2.28. The van der Waals surface area contributed by atoms with Crippen molar-refractivity contribution >= 4 is 16.7 Å². The summed E-state index contributed by atoms with van der Waals surface area (Å²) in [5.74, 6) is -0.462. The Morgan fingerprint density at radius 2 is 1.80 bits per heavy atom. The molecule has 6 nitrogen and oxygen atoms in total. The molecule has 1 unspecified atom stereocenters. The van der Waals surface area contributed by atoms with E-state index in [9.17, 15) is 14.0 Å². The van der Waals surface area contributed by atoms with Crippen LogP contribution in [-0.2, 0) is 11.3 Å². The van der Waals surface area contributed by atoms with Crippen molar-refractivity contribution in [2.45, 2.75) is 31.8 Å². The van der Waals surface area contributed by atoms with Crippen molar-refractivity contribution < 1.29 is 9.18 Å². The molecule has 2 aromatic carbocycles. The van der Waals surface area contributed by atoms with Crippen LogP contribution in [0.2, 0.25) is 0 Å². The zero-order chi connectivity index (χ0) is 20.9. The van der Waals surface area contributed by atoms with Crippen LogP contribution in [0.25, 0.3) is 10.8 Å². The van der Waals surface area contributed by atoms with Gasteiger partial charge in [-0.1, -0.05) is 36.8 Å². The minimum Gasteiger partial charge on any atom is -0.353 e. The van der Waals surface area contributed by atoms with Crippen molar-refractivity contribution in [3.63, 3.8) is 0 Å². The molecule has 7 heteroatoms. The van der Waals surface area contributed by atoms with Gasteiger partial charge in [0.25, 0.3) is 5.56 Å². The van der Waals surface area contributed by atoms with Crippen molar-refractivity contribution in [1.29, 1.82) is 0 Å². The molecule has 0 bridgehead atoms. The molecule has 2 heterocycles. The van der Waals surface area contributed by atoms with Gasteiger partial charge in [0.15, 0.2) is 0 Å². The fourth-order valence-electron chi connectivity index (χ4n) is 4.02. The highest BCUT2D eigenvalue weighted by Crippen LogP contribution is 2.25. The largest absolute Gasteiger partial charge is 0.353 e. The first kappa shape index (κ1) is 20.2. The van der Waals surface area contributed by atoms with Gasteiger partial charge >= 0.3 is 0 Å². The monoisotopic (exact) mass is 408 g/mol. The van der Waals surface area contributed by atoms with Crippen LogP contribution in [0.1, 0.15) is 30.9 Å². The lowest BCUT2D eigenvalue weighted by Crippen LogP contribution is -2.44. The summed E-state index contributed by atoms with van der Waals surface area (Å²) in [6.45, 7) is 2.24. The smallest absolute Gasteiger partial charge is 0.274 e. The van der Waals surface area contributed by atoms with Crippen LogP contribution in [0, 0.1) is 5.82 Å². The van der Waals surface area contributed by atoms with Crippen molar-refractivity contribution in [3.05, 3.63) is 76.5 Å². The minimum absolute atomic E-state index is 0.141. The Balaban J connectivity index is 1.47. The third-order valence-corrected chi connectivity index (χ3v) is 5.57. The molecule has 0 saturated carbocycles. The predicted octanol–water partition coefficient (Wildman–Crippen LogP) is 2.88. The number of piperidine rings is 1. The van der Waals surface area contributed by atoms with Crippen LogP contribution in [0.5, 0.6) is 0 Å². The molecule has 1 atom stereocenters. The van der Waals surface area contributed by atoms with E-state index in [1.807, 2.05) is 18.2 Å². The number of nitrogens with one attached hydrogen (secondary N) is 1. The molecule has 0 aliphatic carbocycles. The van der Waals surface area contributed by atoms with E-state index in [0.29, 0.717) is 5.39 Å². The molecule has 156 valence electrons. The molecule has 1 aromatic heterocycles. The van der Waals surface area contributed by atoms with Gasteiger partial charge in [0.2, 0.25) is 5.91 Å². The summed E-state index contributed by atoms with van der Waals surface area (Å²) in [4.78, 5) is 27.8. The summed E-state index contributed by atoms with van der Waals surface area (Å²) in [6.07, 6.45) is 4.90. The summed E-state index contributed by atoms with van der Waals surface area (Å²) >= 11 is 0. The Morgan fingerprint density at radius 3 is 2.57 bits per heavy atom. The Bertz CT molecular complexity index is 1070. The van der Waals surface area contributed by atoms with Crippen LogP contribution < -0.4 is 10.9 Å². The quantitative estimate of drug-likeness (QED) is 0.681. The molecule has 0 radical (unpaired) electrons. The van der Waals surface area contributed by atoms with Gasteiger partial charge in [0.1, 0.15) is 11.9 Å². The van der Waals surface area contributed by atoms with Gasteiger partial charge < -0.3 is 5.32 Å². The number of fused-ring (bicyclic) bond motifs is 1. The molecule has 1 saturated heterocycles. The third-order valence-electron chi connectivity index (χ3n) is 5.57. The Kier molecular flexibility index (Phi) is 6.18. The number of hydrogen-bond donors (Lipinski definition) is 1. The fourth-order valence-corrected chi connectivity index (χ4v) is 4.02. The summed E-state index contributed by atoms with van der Waals surface area (Å²) in [6, 6.07) is 13.0. The molecule has 1 fully saturated rings. The second-order valence-corrected chi connectivity index (χ2v) is 7.60. The van der Waals surface area contributed by atoms with Crippen molar-refractivity contribution in [2.75, 3.05) is 19.6 Å². The summed E-state index contributed by atoms with van der Waals surface area (Å²) in [5.41, 5.74) is 0.602. The number of halogens is 1. The molecular formula is C23H25FN4O2. The maximum absolute atomic E-state index is 13.4. The zero-order valence-corrected chi connectivity index (χ0v) is 16.8. The second-order valence-electron chi connectivity index (χ2n) is 7.60. The molecule has 0 spiro atoms. The van der Waals surface area contributed by atoms with E-state index in [2.05, 4.69) is 15.3 Å². The lowest BCUT2D eigenvalue weighted by molar-refractivity contribution is -0.127. The van der Waals surface area contributed by atoms with Gasteiger partial charge in [-0.3, -0.25) is 14.5 Å². The molecule has 1 N–H and O–H groups in total. The predicted molar refractivity (Wildman–Crippen MR) is 114 cm³/mol. The first-order valence-electron chi connectivity index (χ1n) is 10.4. The number of benzene rings is 2. The molecule has 1 aliphatic heterocycles. The fraction of sp³-hybridized carbons (Fsp3) is 0.348. The lowest BCUT2D eigenvalue weighted by atomic mass is 10.0. The van der Waals surface area contributed by atoms with Gasteiger partial charge in [0, 0.05) is 11.9 Å². The van der Waals surface area contributed by atoms with Crippen LogP contribution in [0.15, 0.2) is 59.5 Å². The van der Waals surface area contributed by atoms with E-state index in [-0.39, 0.29) is 30.4 Å². The Morgan fingerprint density at radius 1 is 1.07 bits per heavy atom. The highest BCUT2D eigenvalue weighted by atomic mass is 19.1. The second kappa shape index (κ2) is 9.17. The lowest BCUT2D eigenvalue weighted by Gasteiger charge is -2.34. The highest BCUT2D eigenvalue weighted by molar-refractivity contribution is 5.83. The number of hydrogen-bond acceptors (Lipinski definition) is 4. The van der Waals surface area contributed by atoms with Gasteiger partial charge in [-0.05, 0) is 49.7 Å². The van der Waals surface area contributed by atoms with Crippen molar-refractivity contribution in [1.82, 2.24) is 20.0 Å². The number of rotatable bonds is 6. The number of likely N-dealkylation sites (tertiary alicyclic amines) is 1. The topological polar surface area (TPSA) is 67.2 Å². The van der Waals surface area contributed by atoms with Crippen LogP contribution in [-0.4, -0.2) is 40.2 Å². The first-order chi connectivity index (χ1) is 14.6. The van der Waals surface area contributed by atoms with E-state index in [0.717, 1.165) is 43.3 Å². The average molecular weight is 408 g/mol. The summed E-state index contributed by atoms with van der Waals surface area (Å²) < 4.78 is 14.8. The molecule has 3 aromatic rings. The van der Waals surface area contributed by atoms with E-state index in [1.54, 1.807) is 24.4 Å². The van der Waals surface area contributed by atoms with Crippen LogP contribution >= 0.6 is 0 Å². The SMILES string of the molecule is O=C(NCCn1ncc2ccccc2c1=O)C(c1ccc(F)cc1)N1CCCCC1. The van der Waals surface area contributed by atoms with Gasteiger partial charge in [0.05, 0.1) is 18.1 Å². The number of amides is 1. The maximum atomic E-state index is 13.4. The minimum atomic E-state index is -0.466. The van der Waals surface area contributed by atoms with Gasteiger partial charge in [-0.15, -0.1) is 0 Å². The molecule has 1 amide bonds. The summed E-state index contributed by atoms with van der Waals surface area (Å²) in [5, 5.41) is 8.55. The molecule has 30 heavy (non-hydrogen) atoms. The van der Waals surface area contributed by atoms with E-state index < -0.39 is 6.04 Å². The summed E-state index contributed by atoms with van der Waals surface area (Å²) in [7, 11) is 0. The number of carbonyl (C=O) groups excluding carboxylic acids is 1. The van der Waals surface area contributed by atoms with Crippen molar-refractivity contribution in [2.24, 2.45) is 0 Å². The van der Waals surface area contributed by atoms with E-state index in [4.69, 9.17) is 0 Å². The van der Waals surface area contributed by atoms with Crippen LogP contribution in [0.3, 0.4) is 0 Å². The van der Waals surface area contributed by atoms with E-state index in [1.165, 1.54) is 16.8 Å². The molecule has 4 rings (SSSR count). The Labute approximate surface area is 174 Å². The average Bonchev–Trinajstić information content (AvgIpc) is 2.78. The maximum Gasteiger partial charge on any atom is 0.274 e. The zero-order valence-electron chi connectivity index (χ0n) is 16.8. The first-order valence-corrected chi connectivity index (χ1v) is 10.4. The number of nitrogens with zero attached hydrogens (tertiary/aromatic N) is 3. The van der Waals surface area contributed by atoms with E-state index >= 15 is 0 Å².